The molecule has 3 amide bonds. The summed E-state index contributed by atoms with van der Waals surface area (Å²) in [6.07, 6.45) is -1.06. The maximum absolute atomic E-state index is 13.4. The van der Waals surface area contributed by atoms with E-state index in [2.05, 4.69) is 16.0 Å². The van der Waals surface area contributed by atoms with Gasteiger partial charge in [-0.2, -0.15) is 0 Å². The monoisotopic (exact) mass is 595 g/mol. The lowest BCUT2D eigenvalue weighted by atomic mass is 9.98. The summed E-state index contributed by atoms with van der Waals surface area (Å²) in [7, 11) is 0. The molecule has 43 heavy (non-hydrogen) atoms. The Balaban J connectivity index is 1.68. The number of nitrogens with one attached hydrogen (secondary N) is 3. The molecule has 2 aromatic rings. The fraction of sp³-hybridized carbons (Fsp3) is 0.469. The fourth-order valence-electron chi connectivity index (χ4n) is 5.26. The maximum atomic E-state index is 13.4. The number of aliphatic carboxylic acids is 2. The molecule has 2 aromatic carbocycles. The number of alkyl carbamates (subject to hydrolysis) is 1. The van der Waals surface area contributed by atoms with Gasteiger partial charge in [-0.05, 0) is 53.4 Å². The first-order chi connectivity index (χ1) is 20.4. The molecule has 11 heteroatoms. The number of carboxylic acid groups (broad SMARTS) is 2. The van der Waals surface area contributed by atoms with Crippen molar-refractivity contribution in [2.24, 2.45) is 11.8 Å². The molecule has 0 spiro atoms. The Morgan fingerprint density at radius 2 is 1.19 bits per heavy atom. The summed E-state index contributed by atoms with van der Waals surface area (Å²) in [5.41, 5.74) is 4.29. The summed E-state index contributed by atoms with van der Waals surface area (Å²) in [4.78, 5) is 61.9. The number of rotatable bonds is 15. The number of hydrogen-bond donors (Lipinski definition) is 5. The van der Waals surface area contributed by atoms with Crippen LogP contribution < -0.4 is 16.0 Å². The second-order valence-electron chi connectivity index (χ2n) is 11.7. The van der Waals surface area contributed by atoms with Crippen LogP contribution in [0.4, 0.5) is 4.79 Å². The molecular formula is C32H41N3O8. The predicted molar refractivity (Wildman–Crippen MR) is 159 cm³/mol. The molecule has 232 valence electrons. The standard InChI is InChI=1S/C32H41N3O8/c1-18(2)15-26(29(38)33-25(31(40)41)13-14-28(36)37)34-30(39)27(16-19(3)4)35-32(42)43-17-24-22-11-7-5-9-20(22)21-10-6-8-12-23(21)24/h5-12,18-19,24-27H,13-17H2,1-4H3,(H,33,38)(H,34,39)(H,35,42)(H,36,37)(H,40,41)/t25-,26-,27-/m0/s1. The summed E-state index contributed by atoms with van der Waals surface area (Å²) >= 11 is 0. The number of carbonyl (C=O) groups is 5. The van der Waals surface area contributed by atoms with Crippen molar-refractivity contribution in [3.05, 3.63) is 59.7 Å². The molecule has 11 nitrogen and oxygen atoms in total. The van der Waals surface area contributed by atoms with E-state index in [0.29, 0.717) is 0 Å². The Bertz CT molecular complexity index is 1280. The maximum Gasteiger partial charge on any atom is 0.407 e. The zero-order chi connectivity index (χ0) is 31.7. The van der Waals surface area contributed by atoms with Crippen molar-refractivity contribution in [1.29, 1.82) is 0 Å². The van der Waals surface area contributed by atoms with Crippen LogP contribution in [0.1, 0.15) is 70.4 Å². The number of hydrogen-bond acceptors (Lipinski definition) is 6. The highest BCUT2D eigenvalue weighted by Crippen LogP contribution is 2.44. The lowest BCUT2D eigenvalue weighted by Gasteiger charge is -2.26. The lowest BCUT2D eigenvalue weighted by molar-refractivity contribution is -0.143. The third-order valence-electron chi connectivity index (χ3n) is 7.26. The van der Waals surface area contributed by atoms with Gasteiger partial charge in [0.2, 0.25) is 11.8 Å². The smallest absolute Gasteiger partial charge is 0.407 e. The first-order valence-corrected chi connectivity index (χ1v) is 14.5. The second kappa shape index (κ2) is 15.2. The van der Waals surface area contributed by atoms with E-state index in [1.807, 2.05) is 76.2 Å². The molecule has 3 rings (SSSR count). The number of fused-ring (bicyclic) bond motifs is 3. The molecule has 0 aromatic heterocycles. The minimum Gasteiger partial charge on any atom is -0.481 e. The molecule has 0 heterocycles. The molecule has 0 radical (unpaired) electrons. The van der Waals surface area contributed by atoms with E-state index in [1.165, 1.54) is 0 Å². The molecule has 3 atom stereocenters. The van der Waals surface area contributed by atoms with Gasteiger partial charge in [0.05, 0.1) is 0 Å². The van der Waals surface area contributed by atoms with E-state index in [0.717, 1.165) is 22.3 Å². The average molecular weight is 596 g/mol. The number of carbonyl (C=O) groups excluding carboxylic acids is 3. The number of carboxylic acids is 2. The van der Waals surface area contributed by atoms with Crippen molar-refractivity contribution >= 4 is 29.8 Å². The number of ether oxygens (including phenoxy) is 1. The van der Waals surface area contributed by atoms with Crippen LogP contribution in [0.15, 0.2) is 48.5 Å². The van der Waals surface area contributed by atoms with Crippen molar-refractivity contribution in [2.45, 2.75) is 77.4 Å². The van der Waals surface area contributed by atoms with E-state index in [-0.39, 0.29) is 43.6 Å². The fourth-order valence-corrected chi connectivity index (χ4v) is 5.26. The van der Waals surface area contributed by atoms with Gasteiger partial charge in [0.15, 0.2) is 0 Å². The minimum absolute atomic E-state index is 0.00872. The third-order valence-corrected chi connectivity index (χ3v) is 7.26. The Morgan fingerprint density at radius 3 is 1.65 bits per heavy atom. The van der Waals surface area contributed by atoms with Crippen LogP contribution in [0.2, 0.25) is 0 Å². The van der Waals surface area contributed by atoms with Crippen LogP contribution in [0.5, 0.6) is 0 Å². The van der Waals surface area contributed by atoms with Crippen LogP contribution in [0, 0.1) is 11.8 Å². The molecule has 5 N–H and O–H groups in total. The van der Waals surface area contributed by atoms with Crippen molar-refractivity contribution in [1.82, 2.24) is 16.0 Å². The van der Waals surface area contributed by atoms with Crippen LogP contribution in [0.3, 0.4) is 0 Å². The predicted octanol–water partition coefficient (Wildman–Crippen LogP) is 3.90. The topological polar surface area (TPSA) is 171 Å². The molecule has 1 aliphatic carbocycles. The van der Waals surface area contributed by atoms with Gasteiger partial charge in [-0.25, -0.2) is 9.59 Å². The highest BCUT2D eigenvalue weighted by Gasteiger charge is 2.32. The van der Waals surface area contributed by atoms with Gasteiger partial charge in [-0.3, -0.25) is 14.4 Å². The van der Waals surface area contributed by atoms with Crippen LogP contribution >= 0.6 is 0 Å². The van der Waals surface area contributed by atoms with Gasteiger partial charge in [0.1, 0.15) is 24.7 Å². The van der Waals surface area contributed by atoms with Crippen molar-refractivity contribution in [3.8, 4) is 11.1 Å². The summed E-state index contributed by atoms with van der Waals surface area (Å²) < 4.78 is 5.62. The first-order valence-electron chi connectivity index (χ1n) is 14.5. The lowest BCUT2D eigenvalue weighted by Crippen LogP contribution is -2.56. The molecule has 0 bridgehead atoms. The van der Waals surface area contributed by atoms with Gasteiger partial charge >= 0.3 is 18.0 Å². The molecule has 0 unspecified atom stereocenters. The highest BCUT2D eigenvalue weighted by atomic mass is 16.5. The molecule has 0 aliphatic heterocycles. The molecule has 0 fully saturated rings. The summed E-state index contributed by atoms with van der Waals surface area (Å²) in [6.45, 7) is 7.52. The van der Waals surface area contributed by atoms with Crippen LogP contribution in [-0.4, -0.2) is 64.8 Å². The molecule has 0 saturated heterocycles. The summed E-state index contributed by atoms with van der Waals surface area (Å²) in [6, 6.07) is 12.3. The zero-order valence-electron chi connectivity index (χ0n) is 25.0. The quantitative estimate of drug-likeness (QED) is 0.206. The normalized spacial score (nSPS) is 14.3. The van der Waals surface area contributed by atoms with E-state index >= 15 is 0 Å². The minimum atomic E-state index is -1.43. The largest absolute Gasteiger partial charge is 0.481 e. The summed E-state index contributed by atoms with van der Waals surface area (Å²) in [5.74, 6) is -4.11. The number of amides is 3. The van der Waals surface area contributed by atoms with Crippen molar-refractivity contribution in [3.63, 3.8) is 0 Å². The van der Waals surface area contributed by atoms with Gasteiger partial charge < -0.3 is 30.9 Å². The van der Waals surface area contributed by atoms with Gasteiger partial charge in [-0.1, -0.05) is 76.2 Å². The highest BCUT2D eigenvalue weighted by molar-refractivity contribution is 5.93. The first kappa shape index (κ1) is 33.1. The molecule has 1 aliphatic rings. The van der Waals surface area contributed by atoms with Crippen molar-refractivity contribution < 1.29 is 38.9 Å². The van der Waals surface area contributed by atoms with Crippen molar-refractivity contribution in [2.75, 3.05) is 6.61 Å². The Morgan fingerprint density at radius 1 is 0.721 bits per heavy atom. The Kier molecular flexibility index (Phi) is 11.7. The van der Waals surface area contributed by atoms with E-state index in [9.17, 15) is 29.1 Å². The van der Waals surface area contributed by atoms with E-state index in [1.54, 1.807) is 0 Å². The number of benzene rings is 2. The molecule has 0 saturated carbocycles. The van der Waals surface area contributed by atoms with Crippen LogP contribution in [0.25, 0.3) is 11.1 Å². The van der Waals surface area contributed by atoms with Gasteiger partial charge in [0.25, 0.3) is 0 Å². The SMILES string of the molecule is CC(C)C[C@H](NC(=O)OCC1c2ccccc2-c2ccccc21)C(=O)N[C@@H](CC(C)C)C(=O)N[C@@H](CCC(=O)O)C(=O)O. The van der Waals surface area contributed by atoms with Gasteiger partial charge in [0, 0.05) is 12.3 Å². The zero-order valence-corrected chi connectivity index (χ0v) is 25.0. The van der Waals surface area contributed by atoms with E-state index in [4.69, 9.17) is 9.84 Å². The average Bonchev–Trinajstić information content (AvgIpc) is 3.26. The van der Waals surface area contributed by atoms with E-state index < -0.39 is 54.4 Å². The molecular weight excluding hydrogens is 554 g/mol. The summed E-state index contributed by atoms with van der Waals surface area (Å²) in [5, 5.41) is 26.0. The Labute approximate surface area is 251 Å². The third kappa shape index (κ3) is 9.29. The van der Waals surface area contributed by atoms with Gasteiger partial charge in [-0.15, -0.1) is 0 Å². The van der Waals surface area contributed by atoms with Crippen LogP contribution in [-0.2, 0) is 23.9 Å². The Hall–Kier alpha value is -4.41. The second-order valence-corrected chi connectivity index (χ2v) is 11.7.